The first kappa shape index (κ1) is 15.4. The molecule has 0 amide bonds. The summed E-state index contributed by atoms with van der Waals surface area (Å²) < 4.78 is 12.3. The number of methoxy groups -OCH3 is 1. The van der Waals surface area contributed by atoms with Crippen molar-refractivity contribution in [3.05, 3.63) is 41.6 Å². The second-order valence-corrected chi connectivity index (χ2v) is 5.86. The van der Waals surface area contributed by atoms with Gasteiger partial charge in [0.05, 0.1) is 24.1 Å². The van der Waals surface area contributed by atoms with Crippen LogP contribution < -0.4 is 10.6 Å². The van der Waals surface area contributed by atoms with E-state index >= 15 is 0 Å². The lowest BCUT2D eigenvalue weighted by atomic mass is 10.2. The highest BCUT2D eigenvalue weighted by Gasteiger charge is 2.16. The summed E-state index contributed by atoms with van der Waals surface area (Å²) in [4.78, 5) is 4.34. The molecule has 23 heavy (non-hydrogen) atoms. The van der Waals surface area contributed by atoms with Crippen LogP contribution in [0, 0.1) is 13.8 Å². The van der Waals surface area contributed by atoms with Crippen molar-refractivity contribution in [1.82, 2.24) is 19.9 Å². The standard InChI is InChI=1S/C15H17N5O2S/c1-9-10(2)22-13(17-9)8-23-15-19-18-14(20(15)16)11-6-4-5-7-12(11)21-3/h4-7H,8,16H2,1-3H3. The van der Waals surface area contributed by atoms with Gasteiger partial charge >= 0.3 is 0 Å². The van der Waals surface area contributed by atoms with Gasteiger partial charge in [0.1, 0.15) is 11.5 Å². The zero-order chi connectivity index (χ0) is 16.4. The van der Waals surface area contributed by atoms with E-state index in [2.05, 4.69) is 15.2 Å². The second-order valence-electron chi connectivity index (χ2n) is 4.91. The molecule has 2 aromatic heterocycles. The Kier molecular flexibility index (Phi) is 4.24. The van der Waals surface area contributed by atoms with E-state index in [4.69, 9.17) is 15.0 Å². The monoisotopic (exact) mass is 331 g/mol. The Morgan fingerprint density at radius 3 is 2.74 bits per heavy atom. The minimum atomic E-state index is 0.538. The summed E-state index contributed by atoms with van der Waals surface area (Å²) in [6, 6.07) is 7.54. The number of hydrogen-bond donors (Lipinski definition) is 1. The van der Waals surface area contributed by atoms with Gasteiger partial charge in [0, 0.05) is 0 Å². The third kappa shape index (κ3) is 3.02. The molecule has 120 valence electrons. The fourth-order valence-corrected chi connectivity index (χ4v) is 2.82. The van der Waals surface area contributed by atoms with Crippen LogP contribution in [0.4, 0.5) is 0 Å². The first-order chi connectivity index (χ1) is 11.1. The highest BCUT2D eigenvalue weighted by molar-refractivity contribution is 7.98. The van der Waals surface area contributed by atoms with Crippen LogP contribution in [0.5, 0.6) is 5.75 Å². The van der Waals surface area contributed by atoms with Crippen molar-refractivity contribution < 1.29 is 9.15 Å². The number of nitrogen functional groups attached to an aromatic ring is 1. The molecular formula is C15H17N5O2S. The van der Waals surface area contributed by atoms with E-state index in [0.29, 0.717) is 28.4 Å². The minimum Gasteiger partial charge on any atom is -0.496 e. The largest absolute Gasteiger partial charge is 0.496 e. The smallest absolute Gasteiger partial charge is 0.210 e. The summed E-state index contributed by atoms with van der Waals surface area (Å²) in [7, 11) is 1.61. The number of rotatable bonds is 5. The second kappa shape index (κ2) is 6.33. The van der Waals surface area contributed by atoms with Crippen LogP contribution in [0.3, 0.4) is 0 Å². The number of nitrogens with zero attached hydrogens (tertiary/aromatic N) is 4. The van der Waals surface area contributed by atoms with Gasteiger partial charge in [-0.05, 0) is 26.0 Å². The molecule has 0 aliphatic carbocycles. The van der Waals surface area contributed by atoms with E-state index in [-0.39, 0.29) is 0 Å². The Morgan fingerprint density at radius 1 is 1.26 bits per heavy atom. The van der Waals surface area contributed by atoms with Crippen LogP contribution in [-0.2, 0) is 5.75 Å². The maximum Gasteiger partial charge on any atom is 0.210 e. The number of benzene rings is 1. The molecule has 0 saturated heterocycles. The van der Waals surface area contributed by atoms with E-state index in [1.165, 1.54) is 16.4 Å². The lowest BCUT2D eigenvalue weighted by Gasteiger charge is -2.07. The van der Waals surface area contributed by atoms with Crippen molar-refractivity contribution in [2.45, 2.75) is 24.8 Å². The molecule has 0 atom stereocenters. The van der Waals surface area contributed by atoms with E-state index in [1.54, 1.807) is 7.11 Å². The van der Waals surface area contributed by atoms with Crippen LogP contribution in [0.15, 0.2) is 33.8 Å². The topological polar surface area (TPSA) is 92.0 Å². The van der Waals surface area contributed by atoms with E-state index in [1.807, 2.05) is 38.1 Å². The molecule has 3 rings (SSSR count). The highest BCUT2D eigenvalue weighted by atomic mass is 32.2. The third-order valence-corrected chi connectivity index (χ3v) is 4.34. The summed E-state index contributed by atoms with van der Waals surface area (Å²) in [6.45, 7) is 3.81. The summed E-state index contributed by atoms with van der Waals surface area (Å²) in [5.41, 5.74) is 1.68. The fourth-order valence-electron chi connectivity index (χ4n) is 2.12. The molecule has 2 N–H and O–H groups in total. The molecule has 3 aromatic rings. The van der Waals surface area contributed by atoms with E-state index < -0.39 is 0 Å². The first-order valence-corrected chi connectivity index (χ1v) is 7.98. The predicted octanol–water partition coefficient (Wildman–Crippen LogP) is 2.56. The summed E-state index contributed by atoms with van der Waals surface area (Å²) in [5, 5.41) is 8.89. The van der Waals surface area contributed by atoms with Gasteiger partial charge in [-0.25, -0.2) is 9.66 Å². The molecule has 0 bridgehead atoms. The average molecular weight is 331 g/mol. The predicted molar refractivity (Wildman–Crippen MR) is 87.7 cm³/mol. The van der Waals surface area contributed by atoms with Crippen molar-refractivity contribution in [2.24, 2.45) is 0 Å². The molecule has 0 aliphatic rings. The van der Waals surface area contributed by atoms with Gasteiger partial charge < -0.3 is 15.0 Å². The van der Waals surface area contributed by atoms with Gasteiger partial charge in [-0.3, -0.25) is 0 Å². The van der Waals surface area contributed by atoms with Crippen molar-refractivity contribution >= 4 is 11.8 Å². The average Bonchev–Trinajstić information content (AvgIpc) is 3.08. The number of nitrogens with two attached hydrogens (primary N) is 1. The Morgan fingerprint density at radius 2 is 2.04 bits per heavy atom. The van der Waals surface area contributed by atoms with Crippen LogP contribution in [0.2, 0.25) is 0 Å². The van der Waals surface area contributed by atoms with Gasteiger partial charge in [0.25, 0.3) is 0 Å². The minimum absolute atomic E-state index is 0.538. The van der Waals surface area contributed by atoms with Gasteiger partial charge in [0.2, 0.25) is 11.0 Å². The normalized spacial score (nSPS) is 10.9. The number of aromatic nitrogens is 4. The molecule has 0 spiro atoms. The molecular weight excluding hydrogens is 314 g/mol. The lowest BCUT2D eigenvalue weighted by molar-refractivity contribution is 0.416. The van der Waals surface area contributed by atoms with Gasteiger partial charge in [-0.15, -0.1) is 10.2 Å². The maximum atomic E-state index is 6.12. The number of hydrogen-bond acceptors (Lipinski definition) is 7. The van der Waals surface area contributed by atoms with Gasteiger partial charge in [0.15, 0.2) is 5.82 Å². The third-order valence-electron chi connectivity index (χ3n) is 3.41. The van der Waals surface area contributed by atoms with Crippen molar-refractivity contribution in [3.8, 4) is 17.1 Å². The van der Waals surface area contributed by atoms with Gasteiger partial charge in [-0.2, -0.15) is 0 Å². The zero-order valence-corrected chi connectivity index (χ0v) is 13.9. The fraction of sp³-hybridized carbons (Fsp3) is 0.267. The Labute approximate surface area is 137 Å². The summed E-state index contributed by atoms with van der Waals surface area (Å²) >= 11 is 1.42. The molecule has 0 unspecified atom stereocenters. The SMILES string of the molecule is COc1ccccc1-c1nnc(SCc2nc(C)c(C)o2)n1N. The van der Waals surface area contributed by atoms with Crippen LogP contribution in [0.25, 0.3) is 11.4 Å². The number of ether oxygens (including phenoxy) is 1. The Hall–Kier alpha value is -2.48. The van der Waals surface area contributed by atoms with Crippen molar-refractivity contribution in [2.75, 3.05) is 13.0 Å². The van der Waals surface area contributed by atoms with Gasteiger partial charge in [-0.1, -0.05) is 23.9 Å². The van der Waals surface area contributed by atoms with Crippen molar-refractivity contribution in [3.63, 3.8) is 0 Å². The molecule has 1 aromatic carbocycles. The highest BCUT2D eigenvalue weighted by Crippen LogP contribution is 2.30. The Balaban J connectivity index is 1.82. The zero-order valence-electron chi connectivity index (χ0n) is 13.1. The van der Waals surface area contributed by atoms with E-state index in [0.717, 1.165) is 17.0 Å². The summed E-state index contributed by atoms with van der Waals surface area (Å²) in [6.07, 6.45) is 0. The molecule has 8 heteroatoms. The van der Waals surface area contributed by atoms with Crippen LogP contribution in [0.1, 0.15) is 17.3 Å². The maximum absolute atomic E-state index is 6.12. The molecule has 0 aliphatic heterocycles. The lowest BCUT2D eigenvalue weighted by Crippen LogP contribution is -2.12. The number of para-hydroxylation sites is 1. The molecule has 0 fully saturated rings. The van der Waals surface area contributed by atoms with Crippen LogP contribution >= 0.6 is 11.8 Å². The van der Waals surface area contributed by atoms with E-state index in [9.17, 15) is 0 Å². The Bertz CT molecular complexity index is 808. The molecule has 7 nitrogen and oxygen atoms in total. The first-order valence-electron chi connectivity index (χ1n) is 6.99. The summed E-state index contributed by atoms with van der Waals surface area (Å²) in [5.74, 6) is 9.37. The molecule has 0 radical (unpaired) electrons. The molecule has 2 heterocycles. The molecule has 0 saturated carbocycles. The number of aryl methyl sites for hydroxylation is 2. The number of thioether (sulfide) groups is 1. The quantitative estimate of drug-likeness (QED) is 0.567. The number of oxazole rings is 1. The van der Waals surface area contributed by atoms with Crippen molar-refractivity contribution in [1.29, 1.82) is 0 Å². The van der Waals surface area contributed by atoms with Crippen LogP contribution in [-0.4, -0.2) is 27.0 Å².